The van der Waals surface area contributed by atoms with E-state index in [4.69, 9.17) is 0 Å². The van der Waals surface area contributed by atoms with Crippen molar-refractivity contribution in [2.75, 3.05) is 29.9 Å². The molecule has 1 aliphatic heterocycles. The van der Waals surface area contributed by atoms with Crippen LogP contribution in [0.1, 0.15) is 32.2 Å². The smallest absolute Gasteiger partial charge is 0.151 e. The molecule has 2 aromatic rings. The topological polar surface area (TPSA) is 45.2 Å². The summed E-state index contributed by atoms with van der Waals surface area (Å²) in [5, 5.41) is 8.77. The molecule has 1 fully saturated rings. The fourth-order valence-corrected chi connectivity index (χ4v) is 2.74. The van der Waals surface area contributed by atoms with Crippen LogP contribution in [0.4, 0.5) is 11.5 Å². The summed E-state index contributed by atoms with van der Waals surface area (Å²) in [5.74, 6) is 0.966. The first-order valence-electron chi connectivity index (χ1n) is 8.09. The lowest BCUT2D eigenvalue weighted by atomic mass is 9.92. The first-order chi connectivity index (χ1) is 10.8. The van der Waals surface area contributed by atoms with Gasteiger partial charge in [-0.05, 0) is 31.2 Å². The number of rotatable bonds is 3. The van der Waals surface area contributed by atoms with E-state index < -0.39 is 0 Å². The fraction of sp³-hybridized carbons (Fsp3) is 0.500. The first-order valence-corrected chi connectivity index (χ1v) is 8.09. The Morgan fingerprint density at radius 3 is 2.43 bits per heavy atom. The third-order valence-electron chi connectivity index (χ3n) is 4.44. The van der Waals surface area contributed by atoms with Crippen LogP contribution >= 0.6 is 0 Å². The van der Waals surface area contributed by atoms with Gasteiger partial charge in [-0.15, -0.1) is 5.10 Å². The number of pyridine rings is 1. The van der Waals surface area contributed by atoms with E-state index in [0.29, 0.717) is 6.04 Å². The Balaban J connectivity index is 1.62. The molecule has 0 amide bonds. The standard InChI is InChI=1S/C18H25N5/c1-13-10-14(8-9-19-13)22(5)15-11-23(12-15)17-7-6-16(20-21-17)18(2,3)4/h6-10,15H,11-12H2,1-5H3. The van der Waals surface area contributed by atoms with Gasteiger partial charge in [-0.2, -0.15) is 5.10 Å². The number of hydrogen-bond acceptors (Lipinski definition) is 5. The number of aromatic nitrogens is 3. The van der Waals surface area contributed by atoms with Crippen LogP contribution in [-0.2, 0) is 5.41 Å². The van der Waals surface area contributed by atoms with Crippen LogP contribution in [0.2, 0.25) is 0 Å². The van der Waals surface area contributed by atoms with E-state index in [9.17, 15) is 0 Å². The lowest BCUT2D eigenvalue weighted by Crippen LogP contribution is -2.59. The summed E-state index contributed by atoms with van der Waals surface area (Å²) < 4.78 is 0. The summed E-state index contributed by atoms with van der Waals surface area (Å²) in [4.78, 5) is 8.85. The molecular formula is C18H25N5. The van der Waals surface area contributed by atoms with Gasteiger partial charge in [0, 0.05) is 43.1 Å². The zero-order chi connectivity index (χ0) is 16.6. The Morgan fingerprint density at radius 1 is 1.13 bits per heavy atom. The highest BCUT2D eigenvalue weighted by molar-refractivity contribution is 5.51. The van der Waals surface area contributed by atoms with Gasteiger partial charge in [-0.25, -0.2) is 0 Å². The van der Waals surface area contributed by atoms with E-state index in [-0.39, 0.29) is 5.41 Å². The van der Waals surface area contributed by atoms with Gasteiger partial charge < -0.3 is 9.80 Å². The largest absolute Gasteiger partial charge is 0.368 e. The zero-order valence-corrected chi connectivity index (χ0v) is 14.6. The van der Waals surface area contributed by atoms with Crippen LogP contribution in [-0.4, -0.2) is 41.4 Å². The highest BCUT2D eigenvalue weighted by atomic mass is 15.4. The van der Waals surface area contributed by atoms with Crippen molar-refractivity contribution in [3.05, 3.63) is 41.9 Å². The summed E-state index contributed by atoms with van der Waals surface area (Å²) in [7, 11) is 2.14. The number of aryl methyl sites for hydroxylation is 1. The number of nitrogens with zero attached hydrogens (tertiary/aromatic N) is 5. The van der Waals surface area contributed by atoms with Gasteiger partial charge in [0.1, 0.15) is 0 Å². The summed E-state index contributed by atoms with van der Waals surface area (Å²) in [6.45, 7) is 10.4. The van der Waals surface area contributed by atoms with Crippen molar-refractivity contribution in [3.63, 3.8) is 0 Å². The molecule has 3 heterocycles. The van der Waals surface area contributed by atoms with Gasteiger partial charge in [-0.3, -0.25) is 4.98 Å². The van der Waals surface area contributed by atoms with Crippen LogP contribution in [0.25, 0.3) is 0 Å². The van der Waals surface area contributed by atoms with E-state index in [0.717, 1.165) is 30.3 Å². The monoisotopic (exact) mass is 311 g/mol. The van der Waals surface area contributed by atoms with Crippen molar-refractivity contribution >= 4 is 11.5 Å². The van der Waals surface area contributed by atoms with Gasteiger partial charge in [0.2, 0.25) is 0 Å². The van der Waals surface area contributed by atoms with Gasteiger partial charge in [0.05, 0.1) is 11.7 Å². The van der Waals surface area contributed by atoms with Crippen molar-refractivity contribution in [1.29, 1.82) is 0 Å². The molecule has 0 N–H and O–H groups in total. The second kappa shape index (κ2) is 5.80. The normalized spacial score (nSPS) is 15.4. The Labute approximate surface area is 138 Å². The Morgan fingerprint density at radius 2 is 1.87 bits per heavy atom. The molecule has 23 heavy (non-hydrogen) atoms. The number of anilines is 2. The second-order valence-corrected chi connectivity index (χ2v) is 7.35. The molecule has 1 saturated heterocycles. The minimum Gasteiger partial charge on any atom is -0.368 e. The molecule has 0 saturated carbocycles. The first kappa shape index (κ1) is 15.7. The maximum atomic E-state index is 4.40. The van der Waals surface area contributed by atoms with Gasteiger partial charge in [0.25, 0.3) is 0 Å². The summed E-state index contributed by atoms with van der Waals surface area (Å²) in [6, 6.07) is 8.86. The minimum absolute atomic E-state index is 0.0441. The highest BCUT2D eigenvalue weighted by Crippen LogP contribution is 2.26. The molecule has 0 atom stereocenters. The van der Waals surface area contributed by atoms with Gasteiger partial charge >= 0.3 is 0 Å². The maximum Gasteiger partial charge on any atom is 0.151 e. The third kappa shape index (κ3) is 3.28. The van der Waals surface area contributed by atoms with E-state index >= 15 is 0 Å². The zero-order valence-electron chi connectivity index (χ0n) is 14.6. The molecule has 122 valence electrons. The van der Waals surface area contributed by atoms with Crippen LogP contribution in [0.3, 0.4) is 0 Å². The molecule has 0 unspecified atom stereocenters. The minimum atomic E-state index is 0.0441. The van der Waals surface area contributed by atoms with Crippen molar-refractivity contribution in [2.45, 2.75) is 39.2 Å². The van der Waals surface area contributed by atoms with Crippen LogP contribution in [0, 0.1) is 6.92 Å². The van der Waals surface area contributed by atoms with Crippen LogP contribution in [0.15, 0.2) is 30.5 Å². The fourth-order valence-electron chi connectivity index (χ4n) is 2.74. The van der Waals surface area contributed by atoms with E-state index in [1.165, 1.54) is 5.69 Å². The average molecular weight is 311 g/mol. The summed E-state index contributed by atoms with van der Waals surface area (Å²) >= 11 is 0. The van der Waals surface area contributed by atoms with Crippen molar-refractivity contribution in [3.8, 4) is 0 Å². The molecular weight excluding hydrogens is 286 g/mol. The van der Waals surface area contributed by atoms with Crippen molar-refractivity contribution in [1.82, 2.24) is 15.2 Å². The lowest BCUT2D eigenvalue weighted by molar-refractivity contribution is 0.487. The molecule has 0 bridgehead atoms. The molecule has 0 aliphatic carbocycles. The molecule has 0 spiro atoms. The Bertz CT molecular complexity index is 669. The molecule has 2 aromatic heterocycles. The van der Waals surface area contributed by atoms with Crippen molar-refractivity contribution < 1.29 is 0 Å². The maximum absolute atomic E-state index is 4.40. The summed E-state index contributed by atoms with van der Waals surface area (Å²) in [6.07, 6.45) is 1.87. The molecule has 5 heteroatoms. The van der Waals surface area contributed by atoms with Crippen LogP contribution < -0.4 is 9.80 Å². The Hall–Kier alpha value is -2.17. The lowest BCUT2D eigenvalue weighted by Gasteiger charge is -2.45. The molecule has 3 rings (SSSR count). The van der Waals surface area contributed by atoms with Gasteiger partial charge in [0.15, 0.2) is 5.82 Å². The predicted octanol–water partition coefficient (Wildman–Crippen LogP) is 2.80. The van der Waals surface area contributed by atoms with Gasteiger partial charge in [-0.1, -0.05) is 20.8 Å². The quantitative estimate of drug-likeness (QED) is 0.872. The molecule has 0 radical (unpaired) electrons. The second-order valence-electron chi connectivity index (χ2n) is 7.35. The van der Waals surface area contributed by atoms with Crippen LogP contribution in [0.5, 0.6) is 0 Å². The Kier molecular flexibility index (Phi) is 3.96. The number of likely N-dealkylation sites (N-methyl/N-ethyl adjacent to an activating group) is 1. The number of hydrogen-bond donors (Lipinski definition) is 0. The van der Waals surface area contributed by atoms with E-state index in [1.807, 2.05) is 13.1 Å². The summed E-state index contributed by atoms with van der Waals surface area (Å²) in [5.41, 5.74) is 3.34. The predicted molar refractivity (Wildman–Crippen MR) is 94.1 cm³/mol. The van der Waals surface area contributed by atoms with E-state index in [1.54, 1.807) is 0 Å². The molecule has 1 aliphatic rings. The highest BCUT2D eigenvalue weighted by Gasteiger charge is 2.31. The molecule has 0 aromatic carbocycles. The van der Waals surface area contributed by atoms with Crippen molar-refractivity contribution in [2.24, 2.45) is 0 Å². The third-order valence-corrected chi connectivity index (χ3v) is 4.44. The average Bonchev–Trinajstić information content (AvgIpc) is 2.45. The molecule has 5 nitrogen and oxygen atoms in total. The SMILES string of the molecule is Cc1cc(N(C)C2CN(c3ccc(C(C)(C)C)nn3)C2)ccn1. The van der Waals surface area contributed by atoms with E-state index in [2.05, 4.69) is 77.1 Å².